The Morgan fingerprint density at radius 2 is 2.10 bits per heavy atom. The molecule has 1 aromatic rings. The highest BCUT2D eigenvalue weighted by atomic mass is 32.1. The molecule has 1 fully saturated rings. The van der Waals surface area contributed by atoms with E-state index in [-0.39, 0.29) is 25.7 Å². The van der Waals surface area contributed by atoms with E-state index < -0.39 is 0 Å². The van der Waals surface area contributed by atoms with Crippen LogP contribution in [0.4, 0.5) is 5.13 Å². The average Bonchev–Trinajstić information content (AvgIpc) is 3.04. The van der Waals surface area contributed by atoms with Gasteiger partial charge < -0.3 is 25.1 Å². The molecule has 20 heavy (non-hydrogen) atoms. The Kier molecular flexibility index (Phi) is 5.74. The Morgan fingerprint density at radius 3 is 2.70 bits per heavy atom. The lowest BCUT2D eigenvalue weighted by atomic mass is 9.96. The van der Waals surface area contributed by atoms with Crippen LogP contribution in [0, 0.1) is 11.8 Å². The zero-order valence-corrected chi connectivity index (χ0v) is 12.6. The van der Waals surface area contributed by atoms with E-state index >= 15 is 0 Å². The number of thiazole rings is 1. The fourth-order valence-corrected chi connectivity index (χ4v) is 3.52. The Hall–Kier alpha value is -0.730. The molecule has 0 aliphatic carbocycles. The monoisotopic (exact) mass is 301 g/mol. The predicted molar refractivity (Wildman–Crippen MR) is 78.9 cm³/mol. The molecule has 0 spiro atoms. The first-order valence-electron chi connectivity index (χ1n) is 6.88. The summed E-state index contributed by atoms with van der Waals surface area (Å²) in [5, 5.41) is 30.4. The number of likely N-dealkylation sites (N-methyl/N-ethyl adjacent to an activating group) is 1. The van der Waals surface area contributed by atoms with Gasteiger partial charge in [0.1, 0.15) is 0 Å². The molecular weight excluding hydrogens is 278 g/mol. The van der Waals surface area contributed by atoms with Gasteiger partial charge in [0, 0.05) is 44.1 Å². The normalized spacial score (nSPS) is 22.9. The molecule has 0 radical (unpaired) electrons. The highest BCUT2D eigenvalue weighted by Gasteiger charge is 2.34. The van der Waals surface area contributed by atoms with Crippen LogP contribution < -0.4 is 4.90 Å². The average molecular weight is 301 g/mol. The Labute approximate surface area is 123 Å². The van der Waals surface area contributed by atoms with Crippen molar-refractivity contribution in [1.82, 2.24) is 9.88 Å². The van der Waals surface area contributed by atoms with Crippen LogP contribution in [0.5, 0.6) is 0 Å². The number of hydrogen-bond donors (Lipinski definition) is 3. The molecule has 1 aliphatic heterocycles. The summed E-state index contributed by atoms with van der Waals surface area (Å²) in [6.45, 7) is 3.47. The maximum atomic E-state index is 9.54. The van der Waals surface area contributed by atoms with Crippen LogP contribution in [0.15, 0.2) is 5.38 Å². The fourth-order valence-electron chi connectivity index (χ4n) is 2.69. The van der Waals surface area contributed by atoms with E-state index in [9.17, 15) is 5.11 Å². The zero-order valence-electron chi connectivity index (χ0n) is 11.8. The van der Waals surface area contributed by atoms with Gasteiger partial charge in [-0.15, -0.1) is 11.3 Å². The lowest BCUT2D eigenvalue weighted by Gasteiger charge is -2.22. The van der Waals surface area contributed by atoms with Crippen molar-refractivity contribution in [3.63, 3.8) is 0 Å². The first-order chi connectivity index (χ1) is 9.67. The molecule has 1 saturated heterocycles. The second kappa shape index (κ2) is 7.33. The van der Waals surface area contributed by atoms with Gasteiger partial charge in [0.15, 0.2) is 5.13 Å². The van der Waals surface area contributed by atoms with Gasteiger partial charge in [0.05, 0.1) is 18.9 Å². The zero-order chi connectivity index (χ0) is 14.5. The molecule has 114 valence electrons. The van der Waals surface area contributed by atoms with Crippen molar-refractivity contribution < 1.29 is 15.3 Å². The Bertz CT molecular complexity index is 415. The van der Waals surface area contributed by atoms with E-state index in [0.29, 0.717) is 18.2 Å². The molecule has 0 amide bonds. The molecule has 3 N–H and O–H groups in total. The molecule has 0 saturated carbocycles. The summed E-state index contributed by atoms with van der Waals surface area (Å²) >= 11 is 1.53. The number of hydrogen-bond acceptors (Lipinski definition) is 7. The van der Waals surface area contributed by atoms with Gasteiger partial charge in [-0.2, -0.15) is 0 Å². The second-order valence-electron chi connectivity index (χ2n) is 5.37. The van der Waals surface area contributed by atoms with E-state index in [2.05, 4.69) is 14.8 Å². The third-order valence-electron chi connectivity index (χ3n) is 3.81. The SMILES string of the molecule is CN(CCO)C[C@@H]1CN(c2nc(CO)cs2)C[C@@H]1CO. The molecule has 6 nitrogen and oxygen atoms in total. The van der Waals surface area contributed by atoms with Gasteiger partial charge in [-0.3, -0.25) is 0 Å². The third kappa shape index (κ3) is 3.67. The van der Waals surface area contributed by atoms with Crippen LogP contribution in [-0.2, 0) is 6.61 Å². The number of rotatable bonds is 7. The van der Waals surface area contributed by atoms with Crippen molar-refractivity contribution in [3.05, 3.63) is 11.1 Å². The van der Waals surface area contributed by atoms with E-state index in [1.54, 1.807) is 0 Å². The molecule has 0 bridgehead atoms. The summed E-state index contributed by atoms with van der Waals surface area (Å²) in [6.07, 6.45) is 0. The minimum atomic E-state index is -0.0313. The molecule has 1 aromatic heterocycles. The topological polar surface area (TPSA) is 80.1 Å². The smallest absolute Gasteiger partial charge is 0.185 e. The van der Waals surface area contributed by atoms with E-state index in [1.807, 2.05) is 12.4 Å². The van der Waals surface area contributed by atoms with Crippen molar-refractivity contribution in [2.75, 3.05) is 51.3 Å². The summed E-state index contributed by atoms with van der Waals surface area (Å²) in [5.41, 5.74) is 0.700. The minimum absolute atomic E-state index is 0.0313. The Balaban J connectivity index is 1.97. The number of nitrogens with zero attached hydrogens (tertiary/aromatic N) is 3. The Morgan fingerprint density at radius 1 is 1.35 bits per heavy atom. The van der Waals surface area contributed by atoms with E-state index in [0.717, 1.165) is 24.8 Å². The van der Waals surface area contributed by atoms with Crippen molar-refractivity contribution >= 4 is 16.5 Å². The molecule has 2 rings (SSSR count). The highest BCUT2D eigenvalue weighted by molar-refractivity contribution is 7.13. The first kappa shape index (κ1) is 15.7. The van der Waals surface area contributed by atoms with Crippen molar-refractivity contribution in [2.24, 2.45) is 11.8 Å². The summed E-state index contributed by atoms with van der Waals surface area (Å²) < 4.78 is 0. The molecule has 7 heteroatoms. The van der Waals surface area contributed by atoms with Gasteiger partial charge in [0.2, 0.25) is 0 Å². The number of aliphatic hydroxyl groups excluding tert-OH is 3. The molecule has 2 atom stereocenters. The van der Waals surface area contributed by atoms with E-state index in [4.69, 9.17) is 10.2 Å². The quantitative estimate of drug-likeness (QED) is 0.636. The van der Waals surface area contributed by atoms with Gasteiger partial charge in [-0.05, 0) is 13.0 Å². The van der Waals surface area contributed by atoms with Crippen LogP contribution >= 0.6 is 11.3 Å². The standard InChI is InChI=1S/C13H23N3O3S/c1-15(2-3-17)4-10-5-16(6-11(10)7-18)13-14-12(8-19)9-20-13/h9-11,17-19H,2-8H2,1H3/t10-,11-/m1/s1. The minimum Gasteiger partial charge on any atom is -0.396 e. The van der Waals surface area contributed by atoms with Crippen molar-refractivity contribution in [3.8, 4) is 0 Å². The molecule has 0 aromatic carbocycles. The lowest BCUT2D eigenvalue weighted by Crippen LogP contribution is -2.33. The maximum absolute atomic E-state index is 9.54. The summed E-state index contributed by atoms with van der Waals surface area (Å²) in [4.78, 5) is 8.67. The largest absolute Gasteiger partial charge is 0.396 e. The summed E-state index contributed by atoms with van der Waals surface area (Å²) in [6, 6.07) is 0. The third-order valence-corrected chi connectivity index (χ3v) is 4.76. The lowest BCUT2D eigenvalue weighted by molar-refractivity contribution is 0.160. The van der Waals surface area contributed by atoms with Crippen LogP contribution in [0.3, 0.4) is 0 Å². The highest BCUT2D eigenvalue weighted by Crippen LogP contribution is 2.30. The predicted octanol–water partition coefficient (Wildman–Crippen LogP) is -0.396. The number of aliphatic hydroxyl groups is 3. The van der Waals surface area contributed by atoms with Gasteiger partial charge in [-0.25, -0.2) is 4.98 Å². The summed E-state index contributed by atoms with van der Waals surface area (Å²) in [7, 11) is 1.99. The van der Waals surface area contributed by atoms with Crippen LogP contribution in [-0.4, -0.2) is 71.6 Å². The number of anilines is 1. The maximum Gasteiger partial charge on any atom is 0.185 e. The fraction of sp³-hybridized carbons (Fsp3) is 0.769. The molecule has 1 aliphatic rings. The van der Waals surface area contributed by atoms with E-state index in [1.165, 1.54) is 11.3 Å². The van der Waals surface area contributed by atoms with Crippen molar-refractivity contribution in [2.45, 2.75) is 6.61 Å². The number of aromatic nitrogens is 1. The first-order valence-corrected chi connectivity index (χ1v) is 7.76. The van der Waals surface area contributed by atoms with Crippen LogP contribution in [0.1, 0.15) is 5.69 Å². The summed E-state index contributed by atoms with van der Waals surface area (Å²) in [5.74, 6) is 0.607. The van der Waals surface area contributed by atoms with Crippen molar-refractivity contribution in [1.29, 1.82) is 0 Å². The van der Waals surface area contributed by atoms with Gasteiger partial charge in [0.25, 0.3) is 0 Å². The van der Waals surface area contributed by atoms with Crippen LogP contribution in [0.2, 0.25) is 0 Å². The van der Waals surface area contributed by atoms with Crippen LogP contribution in [0.25, 0.3) is 0 Å². The molecule has 0 unspecified atom stereocenters. The molecular formula is C13H23N3O3S. The van der Waals surface area contributed by atoms with Gasteiger partial charge in [-0.1, -0.05) is 0 Å². The molecule has 2 heterocycles. The second-order valence-corrected chi connectivity index (χ2v) is 6.21. The van der Waals surface area contributed by atoms with Gasteiger partial charge >= 0.3 is 0 Å².